The lowest BCUT2D eigenvalue weighted by Crippen LogP contribution is -2.29. The minimum Gasteiger partial charge on any atom is -0.545 e. The third kappa shape index (κ3) is 5.96. The molecule has 158 valence electrons. The number of benzene rings is 3. The second-order valence-electron chi connectivity index (χ2n) is 6.64. The van der Waals surface area contributed by atoms with Crippen LogP contribution in [0, 0.1) is 0 Å². The van der Waals surface area contributed by atoms with Gasteiger partial charge in [-0.15, -0.1) is 0 Å². The molecule has 0 radical (unpaired) electrons. The van der Waals surface area contributed by atoms with Crippen molar-refractivity contribution in [1.82, 2.24) is 0 Å². The van der Waals surface area contributed by atoms with Crippen LogP contribution in [0.1, 0.15) is 20.7 Å². The summed E-state index contributed by atoms with van der Waals surface area (Å²) in [5.41, 5.74) is 1.64. The van der Waals surface area contributed by atoms with Gasteiger partial charge >= 0.3 is 0 Å². The molecule has 5 aromatic rings. The highest BCUT2D eigenvalue weighted by Gasteiger charge is 2.01. The average Bonchev–Trinajstić information content (AvgIpc) is 2.85. The van der Waals surface area contributed by atoms with Crippen LogP contribution in [-0.4, -0.2) is 11.9 Å². The second-order valence-corrected chi connectivity index (χ2v) is 6.64. The van der Waals surface area contributed by atoms with Crippen molar-refractivity contribution in [2.45, 2.75) is 0 Å². The molecule has 0 fully saturated rings. The minimum absolute atomic E-state index is 0.363. The van der Waals surface area contributed by atoms with Crippen LogP contribution < -0.4 is 20.2 Å². The topological polar surface area (TPSA) is 109 Å². The van der Waals surface area contributed by atoms with Crippen molar-refractivity contribution in [3.63, 3.8) is 0 Å². The molecule has 2 N–H and O–H groups in total. The van der Waals surface area contributed by atoms with Crippen molar-refractivity contribution < 1.29 is 29.8 Å². The van der Waals surface area contributed by atoms with Crippen LogP contribution in [-0.2, 0) is 0 Å². The smallest absolute Gasteiger partial charge is 0.210 e. The van der Waals surface area contributed by atoms with Gasteiger partial charge in [-0.25, -0.2) is 9.97 Å². The summed E-state index contributed by atoms with van der Waals surface area (Å²) in [5, 5.41) is 23.2. The number of H-pyrrole nitrogens is 2. The Morgan fingerprint density at radius 2 is 0.844 bits per heavy atom. The number of hydrogen-bond donors (Lipinski definition) is 0. The van der Waals surface area contributed by atoms with E-state index in [-0.39, 0.29) is 11.1 Å². The van der Waals surface area contributed by atoms with Gasteiger partial charge in [0, 0.05) is 46.2 Å². The molecule has 0 saturated carbocycles. The summed E-state index contributed by atoms with van der Waals surface area (Å²) in [6, 6.07) is 29.8. The lowest BCUT2D eigenvalue weighted by molar-refractivity contribution is -0.345. The van der Waals surface area contributed by atoms with Crippen LogP contribution in [0.15, 0.2) is 109 Å². The van der Waals surface area contributed by atoms with Crippen molar-refractivity contribution in [2.24, 2.45) is 0 Å². The van der Waals surface area contributed by atoms with E-state index in [1.54, 1.807) is 0 Å². The molecule has 0 amide bonds. The molecule has 6 nitrogen and oxygen atoms in total. The first kappa shape index (κ1) is 22.1. The fraction of sp³-hybridized carbons (Fsp3) is 0. The molecular formula is C26H20N2O4. The third-order valence-electron chi connectivity index (χ3n) is 4.51. The number of carbonyl (C=O) groups excluding carboxylic acids is 2. The molecule has 32 heavy (non-hydrogen) atoms. The zero-order chi connectivity index (χ0) is 22.8. The Labute approximate surface area is 184 Å². The third-order valence-corrected chi connectivity index (χ3v) is 4.51. The van der Waals surface area contributed by atoms with Crippen LogP contribution in [0.3, 0.4) is 0 Å². The van der Waals surface area contributed by atoms with Crippen molar-refractivity contribution >= 4 is 33.7 Å². The van der Waals surface area contributed by atoms with Gasteiger partial charge in [0.25, 0.3) is 0 Å². The van der Waals surface area contributed by atoms with Gasteiger partial charge in [0.05, 0.1) is 11.9 Å². The molecule has 0 saturated heterocycles. The molecule has 0 unspecified atom stereocenters. The number of carboxylic acid groups (broad SMARTS) is 2. The van der Waals surface area contributed by atoms with Gasteiger partial charge in [-0.2, -0.15) is 0 Å². The van der Waals surface area contributed by atoms with E-state index in [0.29, 0.717) is 0 Å². The molecule has 2 aromatic heterocycles. The monoisotopic (exact) mass is 424 g/mol. The van der Waals surface area contributed by atoms with Gasteiger partial charge in [0.2, 0.25) is 11.0 Å². The van der Waals surface area contributed by atoms with Crippen molar-refractivity contribution in [2.75, 3.05) is 0 Å². The number of para-hydroxylation sites is 2. The largest absolute Gasteiger partial charge is 0.545 e. The quantitative estimate of drug-likeness (QED) is 0.430. The molecule has 0 aliphatic rings. The van der Waals surface area contributed by atoms with E-state index in [9.17, 15) is 19.8 Å². The van der Waals surface area contributed by atoms with E-state index in [4.69, 9.17) is 0 Å². The summed E-state index contributed by atoms with van der Waals surface area (Å²) in [6.07, 6.45) is 3.87. The SMILES string of the molecule is O=C([O-])c1ccccc1C(=O)[O-].c1ccc2[nH+]cccc2c1.c1ccc2[nH+]cccc2c1. The number of carbonyl (C=O) groups is 2. The predicted molar refractivity (Wildman–Crippen MR) is 116 cm³/mol. The van der Waals surface area contributed by atoms with Gasteiger partial charge in [0.1, 0.15) is 0 Å². The zero-order valence-corrected chi connectivity index (χ0v) is 17.0. The summed E-state index contributed by atoms with van der Waals surface area (Å²) in [6.45, 7) is 0. The highest BCUT2D eigenvalue weighted by atomic mass is 16.4. The molecule has 0 aliphatic carbocycles. The van der Waals surface area contributed by atoms with Crippen LogP contribution >= 0.6 is 0 Å². The molecule has 0 aliphatic heterocycles. The maximum absolute atomic E-state index is 10.3. The number of rotatable bonds is 2. The number of aromatic nitrogens is 2. The number of aromatic amines is 2. The molecule has 0 spiro atoms. The normalized spacial score (nSPS) is 9.75. The summed E-state index contributed by atoms with van der Waals surface area (Å²) in [4.78, 5) is 26.9. The standard InChI is InChI=1S/2C9H7N.C8H6O4/c2*1-2-6-9-8(4-1)5-3-7-10-9;9-7(10)5-3-1-2-4-6(5)8(11)12/h2*1-7H;1-4H,(H,9,10)(H,11,12). The molecule has 2 heterocycles. The molecule has 3 aromatic carbocycles. The van der Waals surface area contributed by atoms with E-state index >= 15 is 0 Å². The molecule has 5 rings (SSSR count). The van der Waals surface area contributed by atoms with E-state index < -0.39 is 11.9 Å². The number of aromatic carboxylic acids is 2. The maximum atomic E-state index is 10.3. The van der Waals surface area contributed by atoms with Crippen molar-refractivity contribution in [1.29, 1.82) is 0 Å². The van der Waals surface area contributed by atoms with Gasteiger partial charge in [-0.3, -0.25) is 0 Å². The summed E-state index contributed by atoms with van der Waals surface area (Å²) in [5.74, 6) is -3.04. The Balaban J connectivity index is 0.000000136. The highest BCUT2D eigenvalue weighted by molar-refractivity contribution is 5.99. The molecule has 0 atom stereocenters. The number of fused-ring (bicyclic) bond motifs is 2. The Morgan fingerprint density at radius 3 is 1.22 bits per heavy atom. The van der Waals surface area contributed by atoms with Crippen LogP contribution in [0.25, 0.3) is 21.8 Å². The molecular weight excluding hydrogens is 404 g/mol. The first-order valence-corrected chi connectivity index (χ1v) is 9.79. The number of hydrogen-bond acceptors (Lipinski definition) is 4. The van der Waals surface area contributed by atoms with Gasteiger partial charge < -0.3 is 19.8 Å². The van der Waals surface area contributed by atoms with Crippen LogP contribution in [0.2, 0.25) is 0 Å². The number of pyridine rings is 2. The summed E-state index contributed by atoms with van der Waals surface area (Å²) < 4.78 is 0. The fourth-order valence-electron chi connectivity index (χ4n) is 2.97. The summed E-state index contributed by atoms with van der Waals surface area (Å²) >= 11 is 0. The lowest BCUT2D eigenvalue weighted by Gasteiger charge is -2.09. The number of nitrogens with one attached hydrogen (secondary N) is 2. The Bertz CT molecular complexity index is 1120. The number of carboxylic acids is 2. The molecule has 0 bridgehead atoms. The predicted octanol–water partition coefficient (Wildman–Crippen LogP) is 1.72. The van der Waals surface area contributed by atoms with E-state index in [2.05, 4.69) is 46.4 Å². The first-order chi connectivity index (χ1) is 15.6. The van der Waals surface area contributed by atoms with Crippen molar-refractivity contribution in [3.8, 4) is 0 Å². The molecule has 6 heteroatoms. The Morgan fingerprint density at radius 1 is 0.500 bits per heavy atom. The van der Waals surface area contributed by atoms with Crippen LogP contribution in [0.4, 0.5) is 0 Å². The van der Waals surface area contributed by atoms with E-state index in [0.717, 1.165) is 12.1 Å². The van der Waals surface area contributed by atoms with Gasteiger partial charge in [-0.1, -0.05) is 48.5 Å². The van der Waals surface area contributed by atoms with Crippen LogP contribution in [0.5, 0.6) is 0 Å². The Kier molecular flexibility index (Phi) is 7.59. The first-order valence-electron chi connectivity index (χ1n) is 9.79. The lowest BCUT2D eigenvalue weighted by atomic mass is 10.1. The summed E-state index contributed by atoms with van der Waals surface area (Å²) in [7, 11) is 0. The fourth-order valence-corrected chi connectivity index (χ4v) is 2.97. The Hall–Kier alpha value is -4.58. The average molecular weight is 424 g/mol. The maximum Gasteiger partial charge on any atom is 0.210 e. The highest BCUT2D eigenvalue weighted by Crippen LogP contribution is 2.06. The van der Waals surface area contributed by atoms with E-state index in [1.165, 1.54) is 33.9 Å². The zero-order valence-electron chi connectivity index (χ0n) is 17.0. The minimum atomic E-state index is -1.52. The van der Waals surface area contributed by atoms with Gasteiger partial charge in [0.15, 0.2) is 12.4 Å². The second kappa shape index (κ2) is 11.0. The van der Waals surface area contributed by atoms with Gasteiger partial charge in [-0.05, 0) is 24.3 Å². The van der Waals surface area contributed by atoms with Crippen molar-refractivity contribution in [3.05, 3.63) is 121 Å². The van der Waals surface area contributed by atoms with E-state index in [1.807, 2.05) is 48.8 Å².